The molecule has 0 atom stereocenters. The smallest absolute Gasteiger partial charge is 0.00667 e. The van der Waals surface area contributed by atoms with Gasteiger partial charge in [0.2, 0.25) is 0 Å². The molecule has 0 spiro atoms. The molecule has 0 fully saturated rings. The number of rotatable bonds is 4. The van der Waals surface area contributed by atoms with Gasteiger partial charge < -0.3 is 0 Å². The van der Waals surface area contributed by atoms with Crippen LogP contribution in [0, 0.1) is 0 Å². The standard InChI is InChI=1S/C40H32.C4H6.C2H6/c1-2-28-12-6-9-17-37-38(25-20-28)40(34-24-21-29-13-4-3-5-15-31(29)26-34)36-19-11-10-18-35(36)39(37)33-23-22-30-14-7-8-16-32(30)27-33;1-3-4-2;1-2/h3,5-16,18-19,21-24,26-27H,2,17,20,25H2,1H3;3-4H,1-2H2;1-2H3/b9-6-,28-12-;;. The first-order chi connectivity index (χ1) is 22.7. The van der Waals surface area contributed by atoms with Gasteiger partial charge in [0.25, 0.3) is 0 Å². The third-order valence-electron chi connectivity index (χ3n) is 8.66. The van der Waals surface area contributed by atoms with Crippen LogP contribution in [0.3, 0.4) is 0 Å². The molecule has 5 aromatic rings. The zero-order valence-electron chi connectivity index (χ0n) is 27.5. The lowest BCUT2D eigenvalue weighted by atomic mass is 9.80. The molecule has 0 unspecified atom stereocenters. The van der Waals surface area contributed by atoms with Crippen LogP contribution >= 0.6 is 0 Å². The van der Waals surface area contributed by atoms with Gasteiger partial charge in [0.15, 0.2) is 0 Å². The molecule has 228 valence electrons. The van der Waals surface area contributed by atoms with E-state index < -0.39 is 0 Å². The van der Waals surface area contributed by atoms with Crippen LogP contribution in [0.25, 0.3) is 56.0 Å². The van der Waals surface area contributed by atoms with Gasteiger partial charge in [-0.15, -0.1) is 5.73 Å². The maximum absolute atomic E-state index is 3.36. The molecular weight excluding hydrogens is 553 g/mol. The highest BCUT2D eigenvalue weighted by molar-refractivity contribution is 6.09. The lowest BCUT2D eigenvalue weighted by molar-refractivity contribution is 0.881. The maximum atomic E-state index is 3.36. The Balaban J connectivity index is 0.000000647. The minimum atomic E-state index is 0.917. The van der Waals surface area contributed by atoms with E-state index in [0.717, 1.165) is 25.7 Å². The number of hydrogen-bond donors (Lipinski definition) is 0. The maximum Gasteiger partial charge on any atom is -0.00667 e. The average molecular weight is 597 g/mol. The Morgan fingerprint density at radius 2 is 1.37 bits per heavy atom. The molecule has 0 N–H and O–H groups in total. The number of hydrogen-bond acceptors (Lipinski definition) is 0. The van der Waals surface area contributed by atoms with Crippen molar-refractivity contribution < 1.29 is 0 Å². The minimum absolute atomic E-state index is 0.917. The molecule has 0 heterocycles. The summed E-state index contributed by atoms with van der Waals surface area (Å²) in [6.45, 7) is 13.0. The molecule has 0 aliphatic heterocycles. The molecule has 0 saturated carbocycles. The molecule has 0 saturated heterocycles. The fourth-order valence-corrected chi connectivity index (χ4v) is 6.46. The van der Waals surface area contributed by atoms with Gasteiger partial charge in [-0.3, -0.25) is 0 Å². The van der Waals surface area contributed by atoms with Crippen molar-refractivity contribution in [3.8, 4) is 22.3 Å². The molecule has 0 heteroatoms. The van der Waals surface area contributed by atoms with E-state index >= 15 is 0 Å². The summed E-state index contributed by atoms with van der Waals surface area (Å²) >= 11 is 0. The molecule has 0 amide bonds. The van der Waals surface area contributed by atoms with E-state index in [2.05, 4.69) is 147 Å². The van der Waals surface area contributed by atoms with Gasteiger partial charge in [-0.25, -0.2) is 0 Å². The number of fused-ring (bicyclic) bond motifs is 4. The highest BCUT2D eigenvalue weighted by Gasteiger charge is 2.22. The Kier molecular flexibility index (Phi) is 11.0. The van der Waals surface area contributed by atoms with E-state index in [4.69, 9.17) is 0 Å². The van der Waals surface area contributed by atoms with Crippen LogP contribution in [0.15, 0.2) is 152 Å². The Morgan fingerprint density at radius 1 is 0.696 bits per heavy atom. The molecule has 0 bridgehead atoms. The van der Waals surface area contributed by atoms with E-state index in [9.17, 15) is 0 Å². The van der Waals surface area contributed by atoms with E-state index in [1.165, 1.54) is 71.6 Å². The zero-order chi connectivity index (χ0) is 32.3. The van der Waals surface area contributed by atoms with Crippen LogP contribution in [0.4, 0.5) is 0 Å². The third-order valence-corrected chi connectivity index (χ3v) is 8.66. The Hall–Kier alpha value is -5.16. The summed E-state index contributed by atoms with van der Waals surface area (Å²) in [6, 6.07) is 31.7. The fraction of sp³-hybridized carbons (Fsp3) is 0.152. The molecule has 5 aromatic carbocycles. The molecular formula is C46H44. The van der Waals surface area contributed by atoms with E-state index in [1.807, 2.05) is 19.9 Å². The van der Waals surface area contributed by atoms with Gasteiger partial charge in [-0.05, 0) is 116 Å². The molecule has 46 heavy (non-hydrogen) atoms. The first-order valence-electron chi connectivity index (χ1n) is 16.6. The third kappa shape index (κ3) is 6.89. The summed E-state index contributed by atoms with van der Waals surface area (Å²) in [4.78, 5) is 0. The van der Waals surface area contributed by atoms with Crippen molar-refractivity contribution in [1.82, 2.24) is 0 Å². The van der Waals surface area contributed by atoms with Gasteiger partial charge in [0.1, 0.15) is 0 Å². The van der Waals surface area contributed by atoms with Crippen LogP contribution in [0.1, 0.15) is 55.9 Å². The largest absolute Gasteiger partial charge is 0.120 e. The molecule has 0 radical (unpaired) electrons. The highest BCUT2D eigenvalue weighted by atomic mass is 14.3. The summed E-state index contributed by atoms with van der Waals surface area (Å²) in [5, 5.41) is 5.23. The molecule has 7 rings (SSSR count). The first kappa shape index (κ1) is 32.2. The van der Waals surface area contributed by atoms with Crippen molar-refractivity contribution in [2.45, 2.75) is 46.5 Å². The van der Waals surface area contributed by atoms with Gasteiger partial charge >= 0.3 is 0 Å². The van der Waals surface area contributed by atoms with Crippen molar-refractivity contribution in [3.63, 3.8) is 0 Å². The Labute approximate surface area is 275 Å². The minimum Gasteiger partial charge on any atom is -0.120 e. The predicted molar refractivity (Wildman–Crippen MR) is 205 cm³/mol. The fourth-order valence-electron chi connectivity index (χ4n) is 6.46. The van der Waals surface area contributed by atoms with Crippen LogP contribution in [0.5, 0.6) is 0 Å². The number of benzene rings is 5. The van der Waals surface area contributed by atoms with Crippen molar-refractivity contribution in [3.05, 3.63) is 174 Å². The van der Waals surface area contributed by atoms with Gasteiger partial charge in [-0.2, -0.15) is 0 Å². The van der Waals surface area contributed by atoms with Crippen molar-refractivity contribution in [2.75, 3.05) is 0 Å². The lowest BCUT2D eigenvalue weighted by Gasteiger charge is -2.24. The lowest BCUT2D eigenvalue weighted by Crippen LogP contribution is -2.03. The average Bonchev–Trinajstić information content (AvgIpc) is 3.30. The Bertz CT molecular complexity index is 2030. The summed E-state index contributed by atoms with van der Waals surface area (Å²) in [7, 11) is 0. The second-order valence-electron chi connectivity index (χ2n) is 11.3. The van der Waals surface area contributed by atoms with Crippen molar-refractivity contribution in [2.24, 2.45) is 0 Å². The van der Waals surface area contributed by atoms with E-state index in [1.54, 1.807) is 12.2 Å². The SMILES string of the molecule is C=CC=C.CC.CC/C1=C/C=C\Cc2c(c(-c3ccc4c(c3)C=CC=C=C4)c3ccccc3c2-c2ccc3ccccc3c2)CC1. The Morgan fingerprint density at radius 3 is 2.11 bits per heavy atom. The summed E-state index contributed by atoms with van der Waals surface area (Å²) in [5.41, 5.74) is 15.5. The van der Waals surface area contributed by atoms with Crippen molar-refractivity contribution in [1.29, 1.82) is 0 Å². The van der Waals surface area contributed by atoms with E-state index in [-0.39, 0.29) is 0 Å². The summed E-state index contributed by atoms with van der Waals surface area (Å²) in [5.74, 6) is 0. The van der Waals surface area contributed by atoms with Crippen LogP contribution in [-0.4, -0.2) is 0 Å². The molecule has 2 aliphatic rings. The molecule has 0 nitrogen and oxygen atoms in total. The van der Waals surface area contributed by atoms with Crippen LogP contribution in [0.2, 0.25) is 0 Å². The van der Waals surface area contributed by atoms with Gasteiger partial charge in [-0.1, -0.05) is 155 Å². The summed E-state index contributed by atoms with van der Waals surface area (Å²) in [6.07, 6.45) is 22.7. The molecule has 2 aliphatic carbocycles. The second-order valence-corrected chi connectivity index (χ2v) is 11.3. The second kappa shape index (κ2) is 15.7. The van der Waals surface area contributed by atoms with Crippen molar-refractivity contribution >= 4 is 33.7 Å². The molecule has 0 aromatic heterocycles. The quantitative estimate of drug-likeness (QED) is 0.143. The predicted octanol–water partition coefficient (Wildman–Crippen LogP) is 13.3. The highest BCUT2D eigenvalue weighted by Crippen LogP contribution is 2.44. The van der Waals surface area contributed by atoms with Gasteiger partial charge in [0.05, 0.1) is 0 Å². The zero-order valence-corrected chi connectivity index (χ0v) is 27.5. The van der Waals surface area contributed by atoms with Crippen LogP contribution < -0.4 is 0 Å². The summed E-state index contributed by atoms with van der Waals surface area (Å²) < 4.78 is 0. The van der Waals surface area contributed by atoms with Gasteiger partial charge in [0, 0.05) is 0 Å². The monoisotopic (exact) mass is 596 g/mol. The van der Waals surface area contributed by atoms with E-state index in [0.29, 0.717) is 0 Å². The number of allylic oxidation sites excluding steroid dienone is 8. The topological polar surface area (TPSA) is 0 Å². The van der Waals surface area contributed by atoms with Crippen LogP contribution in [-0.2, 0) is 12.8 Å². The first-order valence-corrected chi connectivity index (χ1v) is 16.6. The normalized spacial score (nSPS) is 14.8.